The first-order valence-corrected chi connectivity index (χ1v) is 11.5. The number of sulfonamides is 1. The number of carbonyl (C=O) groups is 1. The zero-order chi connectivity index (χ0) is 22.3. The first-order chi connectivity index (χ1) is 14.8. The van der Waals surface area contributed by atoms with Crippen LogP contribution in [-0.2, 0) is 16.4 Å². The lowest BCUT2D eigenvalue weighted by molar-refractivity contribution is -0.213. The minimum absolute atomic E-state index is 0.135. The van der Waals surface area contributed by atoms with Gasteiger partial charge in [0.2, 0.25) is 10.0 Å². The summed E-state index contributed by atoms with van der Waals surface area (Å²) in [5.74, 6) is -0.981. The van der Waals surface area contributed by atoms with Crippen molar-refractivity contribution < 1.29 is 18.3 Å². The molecule has 0 spiro atoms. The highest BCUT2D eigenvalue weighted by Crippen LogP contribution is 2.20. The highest BCUT2D eigenvalue weighted by molar-refractivity contribution is 7.92. The molecule has 0 aliphatic carbocycles. The summed E-state index contributed by atoms with van der Waals surface area (Å²) in [5, 5.41) is 15.3. The van der Waals surface area contributed by atoms with Crippen molar-refractivity contribution in [3.8, 4) is 0 Å². The molecule has 0 fully saturated rings. The summed E-state index contributed by atoms with van der Waals surface area (Å²) in [6.45, 7) is 0.326. The van der Waals surface area contributed by atoms with Gasteiger partial charge in [0, 0.05) is 17.8 Å². The van der Waals surface area contributed by atoms with Crippen LogP contribution in [0.15, 0.2) is 83.9 Å². The Morgan fingerprint density at radius 2 is 1.45 bits per heavy atom. The minimum Gasteiger partial charge on any atom is -0.858 e. The maximum Gasteiger partial charge on any atom is 0.257 e. The van der Waals surface area contributed by atoms with Crippen LogP contribution in [0.4, 0.5) is 11.4 Å². The number of para-hydroxylation sites is 2. The molecule has 2 N–H and O–H groups in total. The van der Waals surface area contributed by atoms with Gasteiger partial charge in [0.1, 0.15) is 0 Å². The molecule has 0 unspecified atom stereocenters. The van der Waals surface area contributed by atoms with E-state index in [1.807, 2.05) is 30.3 Å². The molecule has 0 atom stereocenters. The van der Waals surface area contributed by atoms with E-state index in [0.717, 1.165) is 11.8 Å². The molecule has 0 aliphatic heterocycles. The lowest BCUT2D eigenvalue weighted by Crippen LogP contribution is -2.23. The second-order valence-corrected chi connectivity index (χ2v) is 8.59. The Labute approximate surface area is 181 Å². The summed E-state index contributed by atoms with van der Waals surface area (Å²) in [6, 6.07) is 22.5. The summed E-state index contributed by atoms with van der Waals surface area (Å²) < 4.78 is 25.5. The van der Waals surface area contributed by atoms with Gasteiger partial charge < -0.3 is 15.4 Å². The van der Waals surface area contributed by atoms with Gasteiger partial charge in [-0.25, -0.2) is 8.42 Å². The average Bonchev–Trinajstić information content (AvgIpc) is 2.74. The Balaban J connectivity index is 1.78. The molecule has 3 aromatic rings. The van der Waals surface area contributed by atoms with Crippen molar-refractivity contribution in [1.29, 1.82) is 0 Å². The molecule has 31 heavy (non-hydrogen) atoms. The summed E-state index contributed by atoms with van der Waals surface area (Å²) in [6.07, 6.45) is 1.64. The normalized spacial score (nSPS) is 11.7. The third-order valence-electron chi connectivity index (χ3n) is 4.37. The predicted octanol–water partition coefficient (Wildman–Crippen LogP) is 2.66. The van der Waals surface area contributed by atoms with Gasteiger partial charge in [-0.3, -0.25) is 9.52 Å². The van der Waals surface area contributed by atoms with Crippen LogP contribution in [-0.4, -0.2) is 33.0 Å². The number of carbonyl (C=O) groups excluding carboxylic acids is 1. The Morgan fingerprint density at radius 1 is 0.871 bits per heavy atom. The van der Waals surface area contributed by atoms with E-state index in [1.54, 1.807) is 36.4 Å². The van der Waals surface area contributed by atoms with E-state index < -0.39 is 21.8 Å². The van der Waals surface area contributed by atoms with Gasteiger partial charge in [0.05, 0.1) is 17.5 Å². The number of amides is 1. The first-order valence-electron chi connectivity index (χ1n) is 9.56. The Hall–Kier alpha value is -3.65. The number of anilines is 2. The molecule has 0 saturated heterocycles. The molecule has 0 aliphatic rings. The van der Waals surface area contributed by atoms with E-state index in [-0.39, 0.29) is 16.8 Å². The lowest BCUT2D eigenvalue weighted by atomic mass is 10.1. The van der Waals surface area contributed by atoms with Gasteiger partial charge in [0.25, 0.3) is 5.91 Å². The van der Waals surface area contributed by atoms with Crippen LogP contribution >= 0.6 is 0 Å². The number of nitrogens with zero attached hydrogens (tertiary/aromatic N) is 1. The number of hydrogen-bond donors (Lipinski definition) is 2. The van der Waals surface area contributed by atoms with Gasteiger partial charge in [-0.15, -0.1) is 0 Å². The molecular formula is C23H22N3O4S-. The van der Waals surface area contributed by atoms with E-state index in [2.05, 4.69) is 15.0 Å². The van der Waals surface area contributed by atoms with Crippen LogP contribution in [0.3, 0.4) is 0 Å². The molecule has 0 aromatic heterocycles. The van der Waals surface area contributed by atoms with Gasteiger partial charge in [-0.1, -0.05) is 60.7 Å². The van der Waals surface area contributed by atoms with Crippen molar-refractivity contribution in [1.82, 2.24) is 0 Å². The number of aliphatic imine (C=N–C) groups is 1. The van der Waals surface area contributed by atoms with Crippen LogP contribution in [0.5, 0.6) is 0 Å². The highest BCUT2D eigenvalue weighted by atomic mass is 32.2. The molecule has 0 radical (unpaired) electrons. The molecule has 0 bridgehead atoms. The molecular weight excluding hydrogens is 414 g/mol. The summed E-state index contributed by atoms with van der Waals surface area (Å²) in [7, 11) is -3.56. The van der Waals surface area contributed by atoms with Gasteiger partial charge in [-0.2, -0.15) is 0 Å². The topological polar surface area (TPSA) is 111 Å². The molecule has 0 heterocycles. The number of rotatable bonds is 8. The third kappa shape index (κ3) is 6.42. The molecule has 1 amide bonds. The smallest absolute Gasteiger partial charge is 0.257 e. The Kier molecular flexibility index (Phi) is 7.04. The SMILES string of the molecule is CS(=O)(=O)Nc1ccccc1C(=O)Nc1ccccc1C([O-])=NCCc1ccccc1. The molecule has 8 heteroatoms. The molecule has 7 nitrogen and oxygen atoms in total. The van der Waals surface area contributed by atoms with Crippen LogP contribution in [0, 0.1) is 0 Å². The second-order valence-electron chi connectivity index (χ2n) is 6.84. The highest BCUT2D eigenvalue weighted by Gasteiger charge is 2.15. The van der Waals surface area contributed by atoms with Crippen LogP contribution < -0.4 is 15.1 Å². The van der Waals surface area contributed by atoms with E-state index >= 15 is 0 Å². The van der Waals surface area contributed by atoms with Crippen molar-refractivity contribution >= 4 is 33.2 Å². The van der Waals surface area contributed by atoms with Crippen molar-refractivity contribution in [2.45, 2.75) is 6.42 Å². The number of hydrogen-bond acceptors (Lipinski definition) is 5. The van der Waals surface area contributed by atoms with E-state index in [0.29, 0.717) is 18.7 Å². The van der Waals surface area contributed by atoms with Crippen molar-refractivity contribution in [2.75, 3.05) is 22.8 Å². The maximum absolute atomic E-state index is 12.8. The number of benzene rings is 3. The van der Waals surface area contributed by atoms with E-state index in [4.69, 9.17) is 0 Å². The predicted molar refractivity (Wildman–Crippen MR) is 121 cm³/mol. The first kappa shape index (κ1) is 22.0. The fourth-order valence-electron chi connectivity index (χ4n) is 2.95. The minimum atomic E-state index is -3.56. The zero-order valence-electron chi connectivity index (χ0n) is 16.9. The fraction of sp³-hybridized carbons (Fsp3) is 0.130. The standard InChI is InChI=1S/C23H23N3O4S/c1-31(29,30)26-21-14-8-6-12-19(21)23(28)25-20-13-7-5-11-18(20)22(27)24-16-15-17-9-3-2-4-10-17/h2-14,26H,15-16H2,1H3,(H,24,27)(H,25,28)/p-1. The molecule has 0 saturated carbocycles. The molecule has 3 rings (SSSR count). The Morgan fingerprint density at radius 3 is 2.13 bits per heavy atom. The maximum atomic E-state index is 12.8. The van der Waals surface area contributed by atoms with Crippen LogP contribution in [0.2, 0.25) is 0 Å². The monoisotopic (exact) mass is 436 g/mol. The summed E-state index contributed by atoms with van der Waals surface area (Å²) >= 11 is 0. The molecule has 160 valence electrons. The number of nitrogens with one attached hydrogen (secondary N) is 2. The molecule has 3 aromatic carbocycles. The van der Waals surface area contributed by atoms with Crippen LogP contribution in [0.25, 0.3) is 0 Å². The largest absolute Gasteiger partial charge is 0.858 e. The van der Waals surface area contributed by atoms with E-state index in [9.17, 15) is 18.3 Å². The van der Waals surface area contributed by atoms with E-state index in [1.165, 1.54) is 12.1 Å². The van der Waals surface area contributed by atoms with Crippen LogP contribution in [0.1, 0.15) is 21.5 Å². The fourth-order valence-corrected chi connectivity index (χ4v) is 3.53. The van der Waals surface area contributed by atoms with Gasteiger partial charge >= 0.3 is 0 Å². The van der Waals surface area contributed by atoms with Gasteiger partial charge in [-0.05, 0) is 36.1 Å². The third-order valence-corrected chi connectivity index (χ3v) is 4.96. The van der Waals surface area contributed by atoms with Crippen molar-refractivity contribution in [3.05, 3.63) is 95.6 Å². The average molecular weight is 437 g/mol. The second kappa shape index (κ2) is 9.90. The Bertz CT molecular complexity index is 1190. The van der Waals surface area contributed by atoms with Gasteiger partial charge in [0.15, 0.2) is 0 Å². The quantitative estimate of drug-likeness (QED) is 0.418. The summed E-state index contributed by atoms with van der Waals surface area (Å²) in [5.41, 5.74) is 1.93. The lowest BCUT2D eigenvalue weighted by Gasteiger charge is -2.17. The van der Waals surface area contributed by atoms with Crippen molar-refractivity contribution in [2.24, 2.45) is 4.99 Å². The van der Waals surface area contributed by atoms with Crippen molar-refractivity contribution in [3.63, 3.8) is 0 Å². The summed E-state index contributed by atoms with van der Waals surface area (Å²) in [4.78, 5) is 16.9. The zero-order valence-corrected chi connectivity index (χ0v) is 17.7.